The Labute approximate surface area is 210 Å². The predicted molar refractivity (Wildman–Crippen MR) is 120 cm³/mol. The van der Waals surface area contributed by atoms with Crippen LogP contribution in [0.1, 0.15) is 49.3 Å². The SMILES string of the molecule is COSOC1(C(=O)NCc2cc(C(F)(F)F)cc(C(F)(F)F)c2)CC[C@@H](N(C)C2CCOCC2C)C1. The van der Waals surface area contributed by atoms with Gasteiger partial charge in [0.15, 0.2) is 17.9 Å². The van der Waals surface area contributed by atoms with E-state index in [1.165, 1.54) is 7.11 Å². The minimum atomic E-state index is -4.97. The molecule has 4 atom stereocenters. The second kappa shape index (κ2) is 11.5. The first kappa shape index (κ1) is 29.0. The van der Waals surface area contributed by atoms with Crippen LogP contribution in [0.5, 0.6) is 0 Å². The van der Waals surface area contributed by atoms with Crippen molar-refractivity contribution in [2.45, 2.75) is 69.2 Å². The van der Waals surface area contributed by atoms with Gasteiger partial charge in [0, 0.05) is 31.7 Å². The van der Waals surface area contributed by atoms with Gasteiger partial charge in [0.1, 0.15) is 0 Å². The minimum Gasteiger partial charge on any atom is -0.381 e. The Bertz CT molecular complexity index is 883. The van der Waals surface area contributed by atoms with Crippen LogP contribution >= 0.6 is 12.3 Å². The van der Waals surface area contributed by atoms with Crippen molar-refractivity contribution in [3.05, 3.63) is 34.9 Å². The zero-order valence-electron chi connectivity index (χ0n) is 20.2. The number of benzene rings is 1. The lowest BCUT2D eigenvalue weighted by atomic mass is 9.94. The summed E-state index contributed by atoms with van der Waals surface area (Å²) in [6.07, 6.45) is -7.85. The first-order chi connectivity index (χ1) is 16.8. The summed E-state index contributed by atoms with van der Waals surface area (Å²) in [5.74, 6) is -0.320. The molecule has 1 heterocycles. The second-order valence-electron chi connectivity index (χ2n) is 9.38. The normalized spacial score (nSPS) is 27.4. The quantitative estimate of drug-likeness (QED) is 0.358. The van der Waals surface area contributed by atoms with Gasteiger partial charge in [-0.05, 0) is 56.0 Å². The Kier molecular flexibility index (Phi) is 9.24. The highest BCUT2D eigenvalue weighted by molar-refractivity contribution is 7.89. The van der Waals surface area contributed by atoms with E-state index in [0.29, 0.717) is 62.9 Å². The van der Waals surface area contributed by atoms with Crippen molar-refractivity contribution in [2.75, 3.05) is 27.4 Å². The average Bonchev–Trinajstić information content (AvgIpc) is 3.25. The molecular formula is C23H30F6N2O4S. The minimum absolute atomic E-state index is 0.0101. The molecule has 36 heavy (non-hydrogen) atoms. The molecule has 1 aliphatic heterocycles. The molecular weight excluding hydrogens is 514 g/mol. The fourth-order valence-corrected chi connectivity index (χ4v) is 5.39. The number of carbonyl (C=O) groups is 1. The number of amides is 1. The Balaban J connectivity index is 1.76. The van der Waals surface area contributed by atoms with Crippen molar-refractivity contribution >= 4 is 18.2 Å². The summed E-state index contributed by atoms with van der Waals surface area (Å²) in [5, 5.41) is 2.49. The summed E-state index contributed by atoms with van der Waals surface area (Å²) in [4.78, 5) is 15.4. The number of hydrogen-bond donors (Lipinski definition) is 1. The molecule has 1 amide bonds. The van der Waals surface area contributed by atoms with Gasteiger partial charge in [-0.15, -0.1) is 0 Å². The van der Waals surface area contributed by atoms with Crippen LogP contribution in [0, 0.1) is 5.92 Å². The molecule has 0 radical (unpaired) electrons. The van der Waals surface area contributed by atoms with Crippen LogP contribution in [0.15, 0.2) is 18.2 Å². The molecule has 0 aromatic heterocycles. The zero-order chi connectivity index (χ0) is 26.7. The summed E-state index contributed by atoms with van der Waals surface area (Å²) in [6, 6.07) is 1.50. The molecule has 2 aliphatic rings. The summed E-state index contributed by atoms with van der Waals surface area (Å²) in [5.41, 5.74) is -4.53. The number of alkyl halides is 6. The summed E-state index contributed by atoms with van der Waals surface area (Å²) >= 11 is 0.619. The molecule has 1 aliphatic carbocycles. The molecule has 204 valence electrons. The van der Waals surface area contributed by atoms with Crippen molar-refractivity contribution < 1.29 is 44.2 Å². The van der Waals surface area contributed by atoms with Gasteiger partial charge in [0.05, 0.1) is 24.8 Å². The fraction of sp³-hybridized carbons (Fsp3) is 0.696. The molecule has 1 saturated carbocycles. The largest absolute Gasteiger partial charge is 0.416 e. The number of halogens is 6. The Morgan fingerprint density at radius 1 is 1.17 bits per heavy atom. The first-order valence-electron chi connectivity index (χ1n) is 11.5. The van der Waals surface area contributed by atoms with Crippen molar-refractivity contribution in [3.63, 3.8) is 0 Å². The molecule has 0 bridgehead atoms. The summed E-state index contributed by atoms with van der Waals surface area (Å²) in [7, 11) is 3.34. The van der Waals surface area contributed by atoms with E-state index in [0.717, 1.165) is 6.42 Å². The predicted octanol–water partition coefficient (Wildman–Crippen LogP) is 5.21. The van der Waals surface area contributed by atoms with E-state index >= 15 is 0 Å². The topological polar surface area (TPSA) is 60.0 Å². The third-order valence-electron chi connectivity index (χ3n) is 6.92. The first-order valence-corrected chi connectivity index (χ1v) is 12.2. The molecule has 6 nitrogen and oxygen atoms in total. The highest BCUT2D eigenvalue weighted by Crippen LogP contribution is 2.41. The Morgan fingerprint density at radius 3 is 2.36 bits per heavy atom. The average molecular weight is 545 g/mol. The monoisotopic (exact) mass is 544 g/mol. The molecule has 1 N–H and O–H groups in total. The smallest absolute Gasteiger partial charge is 0.381 e. The Hall–Kier alpha value is -1.54. The number of nitrogens with one attached hydrogen (secondary N) is 1. The van der Waals surface area contributed by atoms with Gasteiger partial charge in [-0.3, -0.25) is 18.1 Å². The molecule has 3 rings (SSSR count). The lowest BCUT2D eigenvalue weighted by Crippen LogP contribution is -2.50. The standard InChI is InChI=1S/C23H30F6N2O4S/c1-14-13-34-7-5-19(14)31(2)18-4-6-21(11-18,35-36-33-3)20(32)30-12-15-8-16(22(24,25)26)10-17(9-15)23(27,28)29/h8-10,14,18-19H,4-7,11-13H2,1-3H3,(H,30,32)/t14?,18-,19?,21?/m1/s1. The molecule has 1 saturated heterocycles. The summed E-state index contributed by atoms with van der Waals surface area (Å²) in [6.45, 7) is 2.85. The third-order valence-corrected chi connectivity index (χ3v) is 7.44. The van der Waals surface area contributed by atoms with Crippen molar-refractivity contribution in [3.8, 4) is 0 Å². The zero-order valence-corrected chi connectivity index (χ0v) is 21.0. The van der Waals surface area contributed by atoms with Crippen LogP contribution in [-0.4, -0.2) is 55.9 Å². The summed E-state index contributed by atoms with van der Waals surface area (Å²) < 4.78 is 95.2. The molecule has 13 heteroatoms. The molecule has 0 spiro atoms. The van der Waals surface area contributed by atoms with Crippen molar-refractivity contribution in [1.82, 2.24) is 10.2 Å². The maximum atomic E-state index is 13.2. The van der Waals surface area contributed by atoms with E-state index in [1.807, 2.05) is 7.05 Å². The van der Waals surface area contributed by atoms with E-state index in [2.05, 4.69) is 17.1 Å². The van der Waals surface area contributed by atoms with Crippen molar-refractivity contribution in [2.24, 2.45) is 5.92 Å². The van der Waals surface area contributed by atoms with Gasteiger partial charge in [-0.2, -0.15) is 26.3 Å². The van der Waals surface area contributed by atoms with Gasteiger partial charge in [-0.1, -0.05) is 6.92 Å². The number of ether oxygens (including phenoxy) is 1. The maximum absolute atomic E-state index is 13.2. The molecule has 1 aromatic rings. The molecule has 2 fully saturated rings. The van der Waals surface area contributed by atoms with Gasteiger partial charge >= 0.3 is 12.4 Å². The molecule has 3 unspecified atom stereocenters. The van der Waals surface area contributed by atoms with Crippen molar-refractivity contribution in [1.29, 1.82) is 0 Å². The lowest BCUT2D eigenvalue weighted by molar-refractivity contribution is -0.143. The molecule has 1 aromatic carbocycles. The van der Waals surface area contributed by atoms with E-state index in [-0.39, 0.29) is 23.7 Å². The van der Waals surface area contributed by atoms with E-state index in [1.54, 1.807) is 0 Å². The van der Waals surface area contributed by atoms with Crippen LogP contribution in [0.25, 0.3) is 0 Å². The van der Waals surface area contributed by atoms with Gasteiger partial charge < -0.3 is 10.1 Å². The highest BCUT2D eigenvalue weighted by Gasteiger charge is 2.49. The van der Waals surface area contributed by atoms with Crippen LogP contribution in [-0.2, 0) is 36.8 Å². The van der Waals surface area contributed by atoms with E-state index < -0.39 is 41.5 Å². The second-order valence-corrected chi connectivity index (χ2v) is 10.0. The van der Waals surface area contributed by atoms with Crippen LogP contribution in [0.2, 0.25) is 0 Å². The van der Waals surface area contributed by atoms with Crippen LogP contribution in [0.3, 0.4) is 0 Å². The lowest BCUT2D eigenvalue weighted by Gasteiger charge is -2.40. The van der Waals surface area contributed by atoms with Crippen LogP contribution < -0.4 is 5.32 Å². The Morgan fingerprint density at radius 2 is 1.81 bits per heavy atom. The third kappa shape index (κ3) is 6.85. The van der Waals surface area contributed by atoms with Gasteiger partial charge in [0.2, 0.25) is 0 Å². The van der Waals surface area contributed by atoms with Gasteiger partial charge in [-0.25, -0.2) is 0 Å². The van der Waals surface area contributed by atoms with Crippen LogP contribution in [0.4, 0.5) is 26.3 Å². The maximum Gasteiger partial charge on any atom is 0.416 e. The number of carbonyl (C=O) groups excluding carboxylic acids is 1. The highest BCUT2D eigenvalue weighted by atomic mass is 32.2. The number of rotatable bonds is 8. The fourth-order valence-electron chi connectivity index (χ4n) is 4.96. The number of nitrogens with zero attached hydrogens (tertiary/aromatic N) is 1. The van der Waals surface area contributed by atoms with E-state index in [9.17, 15) is 31.1 Å². The van der Waals surface area contributed by atoms with Gasteiger partial charge in [0.25, 0.3) is 5.91 Å². The number of hydrogen-bond acceptors (Lipinski definition) is 6. The van der Waals surface area contributed by atoms with E-state index in [4.69, 9.17) is 13.1 Å².